The average Bonchev–Trinajstić information content (AvgIpc) is 2.76. The molecule has 35 heavy (non-hydrogen) atoms. The third-order valence-electron chi connectivity index (χ3n) is 4.31. The van der Waals surface area contributed by atoms with Gasteiger partial charge in [0, 0.05) is 33.3 Å². The Hall–Kier alpha value is -3.71. The molecule has 0 unspecified atom stereocenters. The molecule has 1 saturated heterocycles. The van der Waals surface area contributed by atoms with E-state index in [9.17, 15) is 29.1 Å². The van der Waals surface area contributed by atoms with Gasteiger partial charge in [-0.05, 0) is 18.2 Å². The van der Waals surface area contributed by atoms with Crippen molar-refractivity contribution in [1.82, 2.24) is 0 Å². The highest BCUT2D eigenvalue weighted by Gasteiger charge is 2.51. The van der Waals surface area contributed by atoms with Gasteiger partial charge in [0.25, 0.3) is 0 Å². The molecule has 0 radical (unpaired) electrons. The number of phenolic OH excluding ortho intramolecular Hbond substituents is 1. The predicted molar refractivity (Wildman–Crippen MR) is 114 cm³/mol. The molecule has 0 aromatic heterocycles. The minimum absolute atomic E-state index is 0.0399. The van der Waals surface area contributed by atoms with Crippen LogP contribution in [0.1, 0.15) is 38.1 Å². The molecule has 2 N–H and O–H groups in total. The molecule has 0 bridgehead atoms. The van der Waals surface area contributed by atoms with Gasteiger partial charge in [-0.1, -0.05) is 0 Å². The van der Waals surface area contributed by atoms with Crippen LogP contribution in [-0.4, -0.2) is 84.8 Å². The van der Waals surface area contributed by atoms with Crippen LogP contribution in [0, 0.1) is 0 Å². The zero-order valence-corrected chi connectivity index (χ0v) is 19.8. The summed E-state index contributed by atoms with van der Waals surface area (Å²) in [7, 11) is 1.43. The second-order valence-electron chi connectivity index (χ2n) is 7.14. The minimum atomic E-state index is -1.68. The fraction of sp³-hybridized carbons (Fsp3) is 0.500. The zero-order chi connectivity index (χ0) is 26.7. The monoisotopic (exact) mass is 500 g/mol. The highest BCUT2D eigenvalue weighted by Crippen LogP contribution is 2.28. The molecular weight excluding hydrogens is 472 g/mol. The number of hydrogen-bond donors (Lipinski definition) is 2. The molecule has 2 rings (SSSR count). The van der Waals surface area contributed by atoms with Crippen molar-refractivity contribution in [3.8, 4) is 11.5 Å². The predicted octanol–water partition coefficient (Wildman–Crippen LogP) is 0.275. The first-order valence-corrected chi connectivity index (χ1v) is 10.2. The number of aromatic hydroxyl groups is 1. The van der Waals surface area contributed by atoms with E-state index in [-0.39, 0.29) is 12.4 Å². The summed E-state index contributed by atoms with van der Waals surface area (Å²) in [4.78, 5) is 55.1. The van der Waals surface area contributed by atoms with E-state index in [0.717, 1.165) is 27.7 Å². The summed E-state index contributed by atoms with van der Waals surface area (Å²) in [5.41, 5.74) is 0.486. The molecule has 194 valence electrons. The molecule has 0 amide bonds. The van der Waals surface area contributed by atoms with Gasteiger partial charge in [0.05, 0.1) is 7.11 Å². The second kappa shape index (κ2) is 13.9. The summed E-state index contributed by atoms with van der Waals surface area (Å²) in [6.45, 7) is 4.09. The third kappa shape index (κ3) is 9.59. The largest absolute Gasteiger partial charge is 0.504 e. The summed E-state index contributed by atoms with van der Waals surface area (Å²) in [5, 5.41) is 19.1. The molecule has 1 fully saturated rings. The van der Waals surface area contributed by atoms with Crippen LogP contribution < -0.4 is 4.74 Å². The smallest absolute Gasteiger partial charge is 0.303 e. The topological polar surface area (TPSA) is 181 Å². The van der Waals surface area contributed by atoms with Crippen molar-refractivity contribution in [3.63, 3.8) is 0 Å². The van der Waals surface area contributed by atoms with E-state index in [1.54, 1.807) is 0 Å². The number of rotatable bonds is 7. The standard InChI is InChI=1S/C14H20O10.C8H8O3/c1-6(15)20-5-10-11(21-7(2)16)12(22-8(3)17)13(14(19)24-10)23-9(4)18;1-11-8-4-6(5-9)2-3-7(8)10/h10-14,19H,5H2,1-4H3;2-5,10H,1H3/t10-,11+,12+,13-,14-;/m1./s1. The Kier molecular flexibility index (Phi) is 11.6. The van der Waals surface area contributed by atoms with Gasteiger partial charge < -0.3 is 38.6 Å². The van der Waals surface area contributed by atoms with Crippen molar-refractivity contribution >= 4 is 30.2 Å². The van der Waals surface area contributed by atoms with Gasteiger partial charge in [0.2, 0.25) is 0 Å². The summed E-state index contributed by atoms with van der Waals surface area (Å²) in [5.74, 6) is -2.52. The van der Waals surface area contributed by atoms with Crippen LogP contribution in [0.25, 0.3) is 0 Å². The molecule has 0 spiro atoms. The number of aliphatic hydroxyl groups excluding tert-OH is 1. The molecule has 1 aromatic rings. The first kappa shape index (κ1) is 29.3. The molecule has 5 atom stereocenters. The first-order chi connectivity index (χ1) is 16.4. The van der Waals surface area contributed by atoms with Gasteiger partial charge >= 0.3 is 23.9 Å². The number of methoxy groups -OCH3 is 1. The maximum absolute atomic E-state index is 11.3. The molecule has 1 aliphatic rings. The van der Waals surface area contributed by atoms with Gasteiger partial charge in [-0.25, -0.2) is 0 Å². The minimum Gasteiger partial charge on any atom is -0.504 e. The van der Waals surface area contributed by atoms with Gasteiger partial charge in [-0.3, -0.25) is 24.0 Å². The molecular formula is C22H28O13. The maximum atomic E-state index is 11.3. The van der Waals surface area contributed by atoms with Crippen molar-refractivity contribution in [2.24, 2.45) is 0 Å². The number of benzene rings is 1. The Morgan fingerprint density at radius 2 is 1.46 bits per heavy atom. The van der Waals surface area contributed by atoms with Crippen LogP contribution in [0.4, 0.5) is 0 Å². The lowest BCUT2D eigenvalue weighted by molar-refractivity contribution is -0.296. The summed E-state index contributed by atoms with van der Waals surface area (Å²) in [6, 6.07) is 4.41. The summed E-state index contributed by atoms with van der Waals surface area (Å²) >= 11 is 0. The van der Waals surface area contributed by atoms with E-state index in [4.69, 9.17) is 33.5 Å². The molecule has 0 aliphatic carbocycles. The SMILES string of the molecule is CC(=O)OC[C@H]1O[C@@H](O)[C@H](OC(C)=O)[C@@H](OC(C)=O)[C@H]1OC(C)=O.COc1cc(C=O)ccc1O. The number of aldehydes is 1. The molecule has 1 aliphatic heterocycles. The average molecular weight is 500 g/mol. The first-order valence-electron chi connectivity index (χ1n) is 10.2. The van der Waals surface area contributed by atoms with Crippen LogP contribution in [0.3, 0.4) is 0 Å². The Morgan fingerprint density at radius 1 is 0.914 bits per heavy atom. The van der Waals surface area contributed by atoms with Crippen LogP contribution in [0.5, 0.6) is 11.5 Å². The van der Waals surface area contributed by atoms with Gasteiger partial charge in [0.1, 0.15) is 19.0 Å². The molecule has 13 heteroatoms. The number of phenols is 1. The highest BCUT2D eigenvalue weighted by molar-refractivity contribution is 5.76. The lowest BCUT2D eigenvalue weighted by atomic mass is 9.98. The number of carbonyl (C=O) groups excluding carboxylic acids is 5. The molecule has 1 heterocycles. The number of hydrogen-bond acceptors (Lipinski definition) is 13. The van der Waals surface area contributed by atoms with Crippen LogP contribution in [-0.2, 0) is 42.9 Å². The van der Waals surface area contributed by atoms with Crippen LogP contribution in [0.2, 0.25) is 0 Å². The zero-order valence-electron chi connectivity index (χ0n) is 19.8. The normalized spacial score (nSPS) is 23.0. The van der Waals surface area contributed by atoms with Gasteiger partial charge in [-0.2, -0.15) is 0 Å². The van der Waals surface area contributed by atoms with Crippen LogP contribution >= 0.6 is 0 Å². The van der Waals surface area contributed by atoms with Crippen LogP contribution in [0.15, 0.2) is 18.2 Å². The fourth-order valence-corrected chi connectivity index (χ4v) is 2.97. The Bertz CT molecular complexity index is 913. The number of esters is 4. The van der Waals surface area contributed by atoms with E-state index in [0.29, 0.717) is 17.6 Å². The Labute approximate surface area is 200 Å². The van der Waals surface area contributed by atoms with Crippen molar-refractivity contribution in [3.05, 3.63) is 23.8 Å². The maximum Gasteiger partial charge on any atom is 0.303 e. The number of carbonyl (C=O) groups is 5. The lowest BCUT2D eigenvalue weighted by Crippen LogP contribution is -2.62. The molecule has 13 nitrogen and oxygen atoms in total. The molecule has 1 aromatic carbocycles. The molecule has 0 saturated carbocycles. The van der Waals surface area contributed by atoms with Crippen molar-refractivity contribution in [1.29, 1.82) is 0 Å². The summed E-state index contributed by atoms with van der Waals surface area (Å²) in [6.07, 6.45) is -6.10. The third-order valence-corrected chi connectivity index (χ3v) is 4.31. The second-order valence-corrected chi connectivity index (χ2v) is 7.14. The van der Waals surface area contributed by atoms with Gasteiger partial charge in [-0.15, -0.1) is 0 Å². The lowest BCUT2D eigenvalue weighted by Gasteiger charge is -2.42. The Balaban J connectivity index is 0.000000462. The van der Waals surface area contributed by atoms with E-state index in [2.05, 4.69) is 0 Å². The van der Waals surface area contributed by atoms with E-state index in [1.165, 1.54) is 25.3 Å². The quantitative estimate of drug-likeness (QED) is 0.296. The highest BCUT2D eigenvalue weighted by atomic mass is 16.7. The van der Waals surface area contributed by atoms with Crippen molar-refractivity contribution < 1.29 is 62.6 Å². The fourth-order valence-electron chi connectivity index (χ4n) is 2.97. The number of ether oxygens (including phenoxy) is 6. The van der Waals surface area contributed by atoms with Crippen molar-refractivity contribution in [2.75, 3.05) is 13.7 Å². The van der Waals surface area contributed by atoms with E-state index in [1.807, 2.05) is 0 Å². The Morgan fingerprint density at radius 3 is 1.94 bits per heavy atom. The van der Waals surface area contributed by atoms with E-state index >= 15 is 0 Å². The van der Waals surface area contributed by atoms with Crippen molar-refractivity contribution in [2.45, 2.75) is 58.4 Å². The summed E-state index contributed by atoms with van der Waals surface area (Å²) < 4.78 is 29.8. The van der Waals surface area contributed by atoms with E-state index < -0.39 is 54.6 Å². The van der Waals surface area contributed by atoms with Gasteiger partial charge in [0.15, 0.2) is 36.1 Å². The number of aliphatic hydroxyl groups is 1.